The van der Waals surface area contributed by atoms with Crippen LogP contribution in [0.5, 0.6) is 0 Å². The van der Waals surface area contributed by atoms with Gasteiger partial charge in [0.05, 0.1) is 4.88 Å². The summed E-state index contributed by atoms with van der Waals surface area (Å²) in [5, 5.41) is 1.85. The molecule has 0 fully saturated rings. The van der Waals surface area contributed by atoms with Crippen LogP contribution < -0.4 is 0 Å². The fourth-order valence-corrected chi connectivity index (χ4v) is 2.55. The third-order valence-electron chi connectivity index (χ3n) is 1.81. The summed E-state index contributed by atoms with van der Waals surface area (Å²) in [5.74, 6) is 0.0978. The van der Waals surface area contributed by atoms with Gasteiger partial charge in [0.1, 0.15) is 0 Å². The first kappa shape index (κ1) is 10.4. The normalized spacial score (nSPS) is 10.3. The monoisotopic (exact) mass is 282 g/mol. The van der Waals surface area contributed by atoms with E-state index in [0.717, 1.165) is 10.0 Å². The Bertz CT molecular complexity index is 492. The van der Waals surface area contributed by atoms with Gasteiger partial charge in [-0.15, -0.1) is 11.3 Å². The maximum absolute atomic E-state index is 11.9. The topological polar surface area (TPSA) is 42.9 Å². The lowest BCUT2D eigenvalue weighted by molar-refractivity contribution is 0.103. The molecule has 0 atom stereocenters. The summed E-state index contributed by atoms with van der Waals surface area (Å²) >= 11 is 4.69. The van der Waals surface area contributed by atoms with Gasteiger partial charge in [-0.2, -0.15) is 0 Å². The Balaban J connectivity index is 2.37. The van der Waals surface area contributed by atoms with Crippen LogP contribution in [0.3, 0.4) is 0 Å². The Morgan fingerprint density at radius 1 is 1.40 bits per heavy atom. The van der Waals surface area contributed by atoms with Crippen molar-refractivity contribution >= 4 is 33.0 Å². The molecule has 0 aromatic carbocycles. The Morgan fingerprint density at radius 3 is 2.60 bits per heavy atom. The van der Waals surface area contributed by atoms with E-state index in [-0.39, 0.29) is 11.6 Å². The van der Waals surface area contributed by atoms with Gasteiger partial charge in [-0.05, 0) is 39.9 Å². The maximum atomic E-state index is 11.9. The molecule has 2 heterocycles. The van der Waals surface area contributed by atoms with Crippen molar-refractivity contribution in [2.24, 2.45) is 0 Å². The van der Waals surface area contributed by atoms with Gasteiger partial charge in [0, 0.05) is 16.9 Å². The van der Waals surface area contributed by atoms with Crippen LogP contribution in [0.15, 0.2) is 28.3 Å². The molecule has 0 amide bonds. The summed E-state index contributed by atoms with van der Waals surface area (Å²) < 4.78 is 0.793. The predicted molar refractivity (Wildman–Crippen MR) is 62.2 cm³/mol. The lowest BCUT2D eigenvalue weighted by Crippen LogP contribution is -2.05. The third kappa shape index (κ3) is 2.13. The van der Waals surface area contributed by atoms with E-state index < -0.39 is 0 Å². The third-order valence-corrected chi connectivity index (χ3v) is 3.64. The predicted octanol–water partition coefficient (Wildman–Crippen LogP) is 2.84. The molecule has 3 nitrogen and oxygen atoms in total. The van der Waals surface area contributed by atoms with Crippen LogP contribution in [0.4, 0.5) is 0 Å². The summed E-state index contributed by atoms with van der Waals surface area (Å²) in [6.45, 7) is 1.88. The van der Waals surface area contributed by atoms with E-state index in [1.165, 1.54) is 11.3 Å². The zero-order valence-corrected chi connectivity index (χ0v) is 10.3. The van der Waals surface area contributed by atoms with Crippen molar-refractivity contribution in [1.82, 2.24) is 9.97 Å². The molecule has 0 aliphatic rings. The second-order valence-electron chi connectivity index (χ2n) is 3.01. The highest BCUT2D eigenvalue weighted by Crippen LogP contribution is 2.24. The SMILES string of the molecule is Cc1cnc(C(=O)c2sccc2Br)nc1. The van der Waals surface area contributed by atoms with Gasteiger partial charge < -0.3 is 0 Å². The summed E-state index contributed by atoms with van der Waals surface area (Å²) in [6, 6.07) is 1.84. The Hall–Kier alpha value is -1.07. The van der Waals surface area contributed by atoms with E-state index >= 15 is 0 Å². The molecule has 0 saturated heterocycles. The van der Waals surface area contributed by atoms with E-state index in [1.807, 2.05) is 18.4 Å². The molecule has 0 aliphatic carbocycles. The van der Waals surface area contributed by atoms with Crippen LogP contribution in [0.1, 0.15) is 21.1 Å². The van der Waals surface area contributed by atoms with Crippen molar-refractivity contribution < 1.29 is 4.79 Å². The lowest BCUT2D eigenvalue weighted by atomic mass is 10.3. The second-order valence-corrected chi connectivity index (χ2v) is 4.78. The minimum atomic E-state index is -0.142. The van der Waals surface area contributed by atoms with Crippen LogP contribution >= 0.6 is 27.3 Å². The van der Waals surface area contributed by atoms with Crippen LogP contribution in [0.25, 0.3) is 0 Å². The first-order valence-electron chi connectivity index (χ1n) is 4.25. The van der Waals surface area contributed by atoms with Crippen LogP contribution in [0, 0.1) is 6.92 Å². The van der Waals surface area contributed by atoms with Gasteiger partial charge in [-0.3, -0.25) is 4.79 Å². The summed E-state index contributed by atoms with van der Waals surface area (Å²) in [7, 11) is 0. The van der Waals surface area contributed by atoms with E-state index in [9.17, 15) is 4.79 Å². The van der Waals surface area contributed by atoms with E-state index in [4.69, 9.17) is 0 Å². The first-order valence-corrected chi connectivity index (χ1v) is 5.92. The Kier molecular flexibility index (Phi) is 2.93. The number of carbonyl (C=O) groups excluding carboxylic acids is 1. The maximum Gasteiger partial charge on any atom is 0.241 e. The number of hydrogen-bond acceptors (Lipinski definition) is 4. The molecule has 15 heavy (non-hydrogen) atoms. The molecule has 0 bridgehead atoms. The largest absolute Gasteiger partial charge is 0.284 e. The van der Waals surface area contributed by atoms with Gasteiger partial charge in [0.15, 0.2) is 0 Å². The lowest BCUT2D eigenvalue weighted by Gasteiger charge is -1.97. The van der Waals surface area contributed by atoms with Gasteiger partial charge in [-0.1, -0.05) is 0 Å². The summed E-state index contributed by atoms with van der Waals surface area (Å²) in [6.07, 6.45) is 3.28. The van der Waals surface area contributed by atoms with Gasteiger partial charge in [0.2, 0.25) is 11.6 Å². The van der Waals surface area contributed by atoms with Gasteiger partial charge >= 0.3 is 0 Å². The quantitative estimate of drug-likeness (QED) is 0.796. The number of rotatable bonds is 2. The fourth-order valence-electron chi connectivity index (χ4n) is 1.07. The number of thiophene rings is 1. The number of aryl methyl sites for hydroxylation is 1. The zero-order valence-electron chi connectivity index (χ0n) is 7.90. The van der Waals surface area contributed by atoms with E-state index in [2.05, 4.69) is 25.9 Å². The number of ketones is 1. The smallest absolute Gasteiger partial charge is 0.241 e. The van der Waals surface area contributed by atoms with Crippen molar-refractivity contribution in [3.63, 3.8) is 0 Å². The molecular weight excluding hydrogens is 276 g/mol. The minimum absolute atomic E-state index is 0.142. The Morgan fingerprint density at radius 2 is 2.07 bits per heavy atom. The summed E-state index contributed by atoms with van der Waals surface area (Å²) in [4.78, 5) is 20.5. The standard InChI is InChI=1S/C10H7BrN2OS/c1-6-4-12-10(13-5-6)8(14)9-7(11)2-3-15-9/h2-5H,1H3. The van der Waals surface area contributed by atoms with Crippen molar-refractivity contribution in [2.45, 2.75) is 6.92 Å². The highest BCUT2D eigenvalue weighted by molar-refractivity contribution is 9.10. The Labute approximate surface area is 99.3 Å². The summed E-state index contributed by atoms with van der Waals surface area (Å²) in [5.41, 5.74) is 0.941. The highest BCUT2D eigenvalue weighted by Gasteiger charge is 2.16. The van der Waals surface area contributed by atoms with Crippen molar-refractivity contribution in [3.8, 4) is 0 Å². The molecule has 0 N–H and O–H groups in total. The average Bonchev–Trinajstić information content (AvgIpc) is 2.65. The molecule has 0 radical (unpaired) electrons. The number of carbonyl (C=O) groups is 1. The second kappa shape index (κ2) is 4.20. The molecule has 2 aromatic rings. The highest BCUT2D eigenvalue weighted by atomic mass is 79.9. The molecule has 5 heteroatoms. The molecule has 0 aliphatic heterocycles. The number of aromatic nitrogens is 2. The van der Waals surface area contributed by atoms with Crippen LogP contribution in [-0.4, -0.2) is 15.8 Å². The molecule has 2 rings (SSSR count). The van der Waals surface area contributed by atoms with Crippen molar-refractivity contribution in [1.29, 1.82) is 0 Å². The number of hydrogen-bond donors (Lipinski definition) is 0. The van der Waals surface area contributed by atoms with Gasteiger partial charge in [0.25, 0.3) is 0 Å². The molecule has 0 spiro atoms. The first-order chi connectivity index (χ1) is 7.18. The van der Waals surface area contributed by atoms with Crippen LogP contribution in [-0.2, 0) is 0 Å². The van der Waals surface area contributed by atoms with E-state index in [0.29, 0.717) is 4.88 Å². The molecular formula is C10H7BrN2OS. The number of nitrogens with zero attached hydrogens (tertiary/aromatic N) is 2. The van der Waals surface area contributed by atoms with E-state index in [1.54, 1.807) is 12.4 Å². The number of halogens is 1. The van der Waals surface area contributed by atoms with Crippen molar-refractivity contribution in [3.05, 3.63) is 44.6 Å². The minimum Gasteiger partial charge on any atom is -0.284 e. The van der Waals surface area contributed by atoms with Gasteiger partial charge in [-0.25, -0.2) is 9.97 Å². The molecule has 0 saturated carbocycles. The van der Waals surface area contributed by atoms with Crippen LogP contribution in [0.2, 0.25) is 0 Å². The molecule has 0 unspecified atom stereocenters. The van der Waals surface area contributed by atoms with Crippen molar-refractivity contribution in [2.75, 3.05) is 0 Å². The molecule has 2 aromatic heterocycles. The fraction of sp³-hybridized carbons (Fsp3) is 0.100. The average molecular weight is 283 g/mol. The zero-order chi connectivity index (χ0) is 10.8. The molecule has 76 valence electrons.